The van der Waals surface area contributed by atoms with Gasteiger partial charge in [-0.15, -0.1) is 0 Å². The van der Waals surface area contributed by atoms with Crippen LogP contribution in [0.3, 0.4) is 0 Å². The lowest BCUT2D eigenvalue weighted by Crippen LogP contribution is -2.29. The third-order valence-electron chi connectivity index (χ3n) is 3.31. The van der Waals surface area contributed by atoms with Crippen LogP contribution in [-0.4, -0.2) is 16.9 Å². The Morgan fingerprint density at radius 1 is 0.818 bits per heavy atom. The number of carbonyl (C=O) groups excluding carboxylic acids is 2. The molecule has 0 saturated heterocycles. The summed E-state index contributed by atoms with van der Waals surface area (Å²) in [6.07, 6.45) is 0. The Morgan fingerprint density at radius 3 is 2.09 bits per heavy atom. The lowest BCUT2D eigenvalue weighted by molar-refractivity contribution is -0.133. The fourth-order valence-electron chi connectivity index (χ4n) is 2.02. The number of carbonyl (C=O) groups is 2. The summed E-state index contributed by atoms with van der Waals surface area (Å²) in [5, 5.41) is 14.5. The summed E-state index contributed by atoms with van der Waals surface area (Å²) in [6, 6.07) is 10.1. The summed E-state index contributed by atoms with van der Waals surface area (Å²) >= 11 is 0. The number of hydrogen-bond acceptors (Lipinski definition) is 3. The molecule has 0 heterocycles. The first-order valence-corrected chi connectivity index (χ1v) is 6.86. The highest BCUT2D eigenvalue weighted by atomic mass is 16.3. The molecule has 0 aliphatic rings. The van der Waals surface area contributed by atoms with Gasteiger partial charge in [0.05, 0.1) is 0 Å². The Hall–Kier alpha value is -2.82. The van der Waals surface area contributed by atoms with Crippen LogP contribution in [0.1, 0.15) is 16.7 Å². The number of rotatable bonds is 2. The average Bonchev–Trinajstić information content (AvgIpc) is 2.45. The molecule has 2 aromatic carbocycles. The van der Waals surface area contributed by atoms with Crippen molar-refractivity contribution in [1.29, 1.82) is 0 Å². The van der Waals surface area contributed by atoms with E-state index in [9.17, 15) is 14.7 Å². The molecule has 0 radical (unpaired) electrons. The molecule has 114 valence electrons. The number of aryl methyl sites for hydroxylation is 3. The zero-order valence-electron chi connectivity index (χ0n) is 12.7. The summed E-state index contributed by atoms with van der Waals surface area (Å²) < 4.78 is 0. The van der Waals surface area contributed by atoms with Crippen molar-refractivity contribution in [1.82, 2.24) is 0 Å². The molecule has 22 heavy (non-hydrogen) atoms. The standard InChI is InChI=1S/C17H18N2O3/c1-10-4-5-11(2)15(8-10)19-17(22)16(21)18-14-7-6-13(20)9-12(14)3/h4-9,20H,1-3H3,(H,18,21)(H,19,22). The van der Waals surface area contributed by atoms with Gasteiger partial charge in [-0.2, -0.15) is 0 Å². The summed E-state index contributed by atoms with van der Waals surface area (Å²) in [7, 11) is 0. The maximum absolute atomic E-state index is 12.0. The zero-order chi connectivity index (χ0) is 16.3. The molecule has 0 aromatic heterocycles. The van der Waals surface area contributed by atoms with Gasteiger partial charge in [-0.05, 0) is 61.7 Å². The van der Waals surface area contributed by atoms with Gasteiger partial charge in [-0.3, -0.25) is 9.59 Å². The molecule has 5 nitrogen and oxygen atoms in total. The highest BCUT2D eigenvalue weighted by Gasteiger charge is 2.16. The number of nitrogens with one attached hydrogen (secondary N) is 2. The van der Waals surface area contributed by atoms with Crippen molar-refractivity contribution in [3.8, 4) is 5.75 Å². The number of amides is 2. The Bertz CT molecular complexity index is 739. The molecule has 0 atom stereocenters. The van der Waals surface area contributed by atoms with Gasteiger partial charge in [0, 0.05) is 11.4 Å². The molecular weight excluding hydrogens is 280 g/mol. The topological polar surface area (TPSA) is 78.4 Å². The molecule has 3 N–H and O–H groups in total. The van der Waals surface area contributed by atoms with Crippen molar-refractivity contribution in [3.05, 3.63) is 53.1 Å². The van der Waals surface area contributed by atoms with E-state index in [-0.39, 0.29) is 5.75 Å². The monoisotopic (exact) mass is 298 g/mol. The van der Waals surface area contributed by atoms with Gasteiger partial charge in [0.25, 0.3) is 0 Å². The SMILES string of the molecule is Cc1ccc(C)c(NC(=O)C(=O)Nc2ccc(O)cc2C)c1. The van der Waals surface area contributed by atoms with E-state index in [1.807, 2.05) is 32.0 Å². The van der Waals surface area contributed by atoms with E-state index < -0.39 is 11.8 Å². The maximum atomic E-state index is 12.0. The van der Waals surface area contributed by atoms with Crippen LogP contribution in [0.4, 0.5) is 11.4 Å². The van der Waals surface area contributed by atoms with Gasteiger partial charge in [0.1, 0.15) is 5.75 Å². The molecule has 0 bridgehead atoms. The minimum absolute atomic E-state index is 0.107. The van der Waals surface area contributed by atoms with Gasteiger partial charge in [-0.1, -0.05) is 12.1 Å². The predicted octanol–water partition coefficient (Wildman–Crippen LogP) is 2.89. The van der Waals surface area contributed by atoms with Crippen LogP contribution in [0.15, 0.2) is 36.4 Å². The fraction of sp³-hybridized carbons (Fsp3) is 0.176. The summed E-state index contributed by atoms with van der Waals surface area (Å²) in [4.78, 5) is 24.0. The molecule has 2 amide bonds. The zero-order valence-corrected chi connectivity index (χ0v) is 12.7. The van der Waals surface area contributed by atoms with E-state index in [0.717, 1.165) is 11.1 Å². The molecule has 0 saturated carbocycles. The second-order valence-corrected chi connectivity index (χ2v) is 5.23. The minimum atomic E-state index is -0.755. The van der Waals surface area contributed by atoms with Crippen molar-refractivity contribution in [3.63, 3.8) is 0 Å². The van der Waals surface area contributed by atoms with Gasteiger partial charge in [0.15, 0.2) is 0 Å². The molecule has 0 unspecified atom stereocenters. The van der Waals surface area contributed by atoms with Gasteiger partial charge in [-0.25, -0.2) is 0 Å². The van der Waals surface area contributed by atoms with Crippen molar-refractivity contribution in [2.45, 2.75) is 20.8 Å². The van der Waals surface area contributed by atoms with Crippen LogP contribution in [0, 0.1) is 20.8 Å². The quantitative estimate of drug-likeness (QED) is 0.589. The Labute approximate surface area is 129 Å². The second kappa shape index (κ2) is 6.30. The number of hydrogen-bond donors (Lipinski definition) is 3. The first kappa shape index (κ1) is 15.6. The lowest BCUT2D eigenvalue weighted by Gasteiger charge is -2.11. The number of aromatic hydroxyl groups is 1. The first-order chi connectivity index (χ1) is 10.4. The third-order valence-corrected chi connectivity index (χ3v) is 3.31. The van der Waals surface area contributed by atoms with E-state index in [2.05, 4.69) is 10.6 Å². The predicted molar refractivity (Wildman–Crippen MR) is 86.0 cm³/mol. The Morgan fingerprint density at radius 2 is 1.45 bits per heavy atom. The van der Waals surface area contributed by atoms with Gasteiger partial charge in [0.2, 0.25) is 0 Å². The van der Waals surface area contributed by atoms with E-state index >= 15 is 0 Å². The van der Waals surface area contributed by atoms with Crippen molar-refractivity contribution >= 4 is 23.2 Å². The normalized spacial score (nSPS) is 10.1. The van der Waals surface area contributed by atoms with Crippen LogP contribution in [0.25, 0.3) is 0 Å². The van der Waals surface area contributed by atoms with Crippen LogP contribution in [0.5, 0.6) is 5.75 Å². The van der Waals surface area contributed by atoms with Crippen molar-refractivity contribution in [2.24, 2.45) is 0 Å². The smallest absolute Gasteiger partial charge is 0.314 e. The van der Waals surface area contributed by atoms with Gasteiger partial charge >= 0.3 is 11.8 Å². The van der Waals surface area contributed by atoms with E-state index in [1.54, 1.807) is 13.0 Å². The van der Waals surface area contributed by atoms with E-state index in [4.69, 9.17) is 0 Å². The van der Waals surface area contributed by atoms with Crippen molar-refractivity contribution in [2.75, 3.05) is 10.6 Å². The number of phenols is 1. The second-order valence-electron chi connectivity index (χ2n) is 5.23. The minimum Gasteiger partial charge on any atom is -0.508 e. The van der Waals surface area contributed by atoms with Gasteiger partial charge < -0.3 is 15.7 Å². The third kappa shape index (κ3) is 3.63. The average molecular weight is 298 g/mol. The van der Waals surface area contributed by atoms with Crippen molar-refractivity contribution < 1.29 is 14.7 Å². The molecule has 5 heteroatoms. The summed E-state index contributed by atoms with van der Waals surface area (Å²) in [5.74, 6) is -1.38. The number of benzene rings is 2. The molecule has 0 spiro atoms. The lowest BCUT2D eigenvalue weighted by atomic mass is 10.1. The van der Waals surface area contributed by atoms with E-state index in [0.29, 0.717) is 16.9 Å². The maximum Gasteiger partial charge on any atom is 0.314 e. The summed E-state index contributed by atoms with van der Waals surface area (Å²) in [5.41, 5.74) is 3.65. The molecule has 0 fully saturated rings. The number of phenolic OH excluding ortho intramolecular Hbond substituents is 1. The Kier molecular flexibility index (Phi) is 4.46. The summed E-state index contributed by atoms with van der Waals surface area (Å²) in [6.45, 7) is 5.50. The molecule has 0 aliphatic carbocycles. The Balaban J connectivity index is 2.09. The first-order valence-electron chi connectivity index (χ1n) is 6.86. The highest BCUT2D eigenvalue weighted by molar-refractivity contribution is 6.43. The van der Waals surface area contributed by atoms with Crippen LogP contribution >= 0.6 is 0 Å². The molecule has 2 aromatic rings. The molecule has 2 rings (SSSR count). The van der Waals surface area contributed by atoms with E-state index in [1.165, 1.54) is 12.1 Å². The molecule has 0 aliphatic heterocycles. The number of anilines is 2. The van der Waals surface area contributed by atoms with Crippen LogP contribution < -0.4 is 10.6 Å². The molecular formula is C17H18N2O3. The highest BCUT2D eigenvalue weighted by Crippen LogP contribution is 2.20. The largest absolute Gasteiger partial charge is 0.508 e. The van der Waals surface area contributed by atoms with Crippen LogP contribution in [0.2, 0.25) is 0 Å². The fourth-order valence-corrected chi connectivity index (χ4v) is 2.02. The van der Waals surface area contributed by atoms with Crippen LogP contribution in [-0.2, 0) is 9.59 Å².